The van der Waals surface area contributed by atoms with E-state index in [1.807, 2.05) is 31.2 Å². The second-order valence-electron chi connectivity index (χ2n) is 4.09. The first-order chi connectivity index (χ1) is 8.08. The van der Waals surface area contributed by atoms with Gasteiger partial charge in [0.25, 0.3) is 0 Å². The largest absolute Gasteiger partial charge is 0.398 e. The van der Waals surface area contributed by atoms with E-state index in [1.165, 1.54) is 18.2 Å². The van der Waals surface area contributed by atoms with Crippen molar-refractivity contribution in [3.63, 3.8) is 0 Å². The first kappa shape index (κ1) is 11.6. The fourth-order valence-electron chi connectivity index (χ4n) is 1.81. The highest BCUT2D eigenvalue weighted by Gasteiger charge is 2.13. The number of nitrogen functional groups attached to an aromatic ring is 1. The average Bonchev–Trinajstić information content (AvgIpc) is 2.28. The zero-order valence-corrected chi connectivity index (χ0v) is 9.52. The van der Waals surface area contributed by atoms with Crippen LogP contribution in [0.3, 0.4) is 0 Å². The van der Waals surface area contributed by atoms with Crippen LogP contribution in [0.25, 0.3) is 0 Å². The maximum atomic E-state index is 12.9. The number of rotatable bonds is 2. The number of halogens is 1. The molecule has 0 spiro atoms. The lowest BCUT2D eigenvalue weighted by Crippen LogP contribution is -2.04. The third kappa shape index (κ3) is 2.45. The predicted octanol–water partition coefficient (Wildman–Crippen LogP) is 2.80. The molecule has 0 aliphatic heterocycles. The molecular formula is C14H14FNO. The summed E-state index contributed by atoms with van der Waals surface area (Å²) in [4.78, 5) is 0. The Hall–Kier alpha value is -1.87. The molecule has 0 amide bonds. The lowest BCUT2D eigenvalue weighted by atomic mass is 9.99. The minimum Gasteiger partial charge on any atom is -0.398 e. The van der Waals surface area contributed by atoms with E-state index < -0.39 is 11.9 Å². The van der Waals surface area contributed by atoms with Gasteiger partial charge in [0.05, 0.1) is 0 Å². The van der Waals surface area contributed by atoms with E-state index in [9.17, 15) is 9.50 Å². The lowest BCUT2D eigenvalue weighted by Gasteiger charge is -2.14. The highest BCUT2D eigenvalue weighted by molar-refractivity contribution is 5.50. The lowest BCUT2D eigenvalue weighted by molar-refractivity contribution is 0.221. The smallest absolute Gasteiger partial charge is 0.125 e. The maximum Gasteiger partial charge on any atom is 0.125 e. The molecule has 3 heteroatoms. The van der Waals surface area contributed by atoms with E-state index in [2.05, 4.69) is 0 Å². The van der Waals surface area contributed by atoms with E-state index in [0.717, 1.165) is 11.1 Å². The van der Waals surface area contributed by atoms with Crippen molar-refractivity contribution in [2.45, 2.75) is 13.0 Å². The van der Waals surface area contributed by atoms with E-state index in [4.69, 9.17) is 5.73 Å². The zero-order chi connectivity index (χ0) is 12.4. The van der Waals surface area contributed by atoms with Crippen LogP contribution in [0.15, 0.2) is 42.5 Å². The van der Waals surface area contributed by atoms with Gasteiger partial charge in [-0.25, -0.2) is 4.39 Å². The van der Waals surface area contributed by atoms with Gasteiger partial charge in [-0.3, -0.25) is 0 Å². The van der Waals surface area contributed by atoms with Crippen LogP contribution in [0.4, 0.5) is 10.1 Å². The Labute approximate surface area is 99.5 Å². The van der Waals surface area contributed by atoms with Crippen LogP contribution in [0.1, 0.15) is 22.8 Å². The van der Waals surface area contributed by atoms with Gasteiger partial charge >= 0.3 is 0 Å². The Morgan fingerprint density at radius 1 is 1.18 bits per heavy atom. The van der Waals surface area contributed by atoms with Crippen molar-refractivity contribution in [1.29, 1.82) is 0 Å². The van der Waals surface area contributed by atoms with Crippen molar-refractivity contribution in [2.24, 2.45) is 0 Å². The molecule has 0 saturated heterocycles. The van der Waals surface area contributed by atoms with Gasteiger partial charge in [0.15, 0.2) is 0 Å². The first-order valence-electron chi connectivity index (χ1n) is 5.37. The summed E-state index contributed by atoms with van der Waals surface area (Å²) < 4.78 is 12.9. The van der Waals surface area contributed by atoms with Crippen LogP contribution >= 0.6 is 0 Å². The van der Waals surface area contributed by atoms with Crippen molar-refractivity contribution < 1.29 is 9.50 Å². The van der Waals surface area contributed by atoms with Gasteiger partial charge in [0.2, 0.25) is 0 Å². The molecule has 17 heavy (non-hydrogen) atoms. The molecule has 0 heterocycles. The van der Waals surface area contributed by atoms with E-state index >= 15 is 0 Å². The summed E-state index contributed by atoms with van der Waals surface area (Å²) in [7, 11) is 0. The van der Waals surface area contributed by atoms with Gasteiger partial charge in [-0.2, -0.15) is 0 Å². The highest BCUT2D eigenvalue weighted by Crippen LogP contribution is 2.27. The second-order valence-corrected chi connectivity index (χ2v) is 4.09. The summed E-state index contributed by atoms with van der Waals surface area (Å²) in [6.07, 6.45) is -0.824. The third-order valence-electron chi connectivity index (χ3n) is 2.70. The molecule has 0 aliphatic carbocycles. The minimum atomic E-state index is -0.824. The molecule has 0 radical (unpaired) electrons. The van der Waals surface area contributed by atoms with Crippen LogP contribution in [0.5, 0.6) is 0 Å². The molecule has 1 atom stereocenters. The third-order valence-corrected chi connectivity index (χ3v) is 2.70. The molecule has 1 unspecified atom stereocenters. The van der Waals surface area contributed by atoms with Crippen molar-refractivity contribution >= 4 is 5.69 Å². The number of aliphatic hydroxyl groups is 1. The second kappa shape index (κ2) is 4.55. The SMILES string of the molecule is Cc1cccc(C(O)c2ccc(F)cc2N)c1. The summed E-state index contributed by atoms with van der Waals surface area (Å²) in [6, 6.07) is 11.5. The standard InChI is InChI=1S/C14H14FNO/c1-9-3-2-4-10(7-9)14(17)12-6-5-11(15)8-13(12)16/h2-8,14,17H,16H2,1H3. The van der Waals surface area contributed by atoms with Crippen molar-refractivity contribution in [3.8, 4) is 0 Å². The van der Waals surface area contributed by atoms with E-state index in [0.29, 0.717) is 5.56 Å². The molecule has 2 nitrogen and oxygen atoms in total. The molecule has 0 aliphatic rings. The summed E-state index contributed by atoms with van der Waals surface area (Å²) >= 11 is 0. The molecular weight excluding hydrogens is 217 g/mol. The quantitative estimate of drug-likeness (QED) is 0.781. The van der Waals surface area contributed by atoms with Gasteiger partial charge in [-0.1, -0.05) is 35.9 Å². The number of nitrogens with two attached hydrogens (primary N) is 1. The number of hydrogen-bond acceptors (Lipinski definition) is 2. The van der Waals surface area contributed by atoms with Gasteiger partial charge < -0.3 is 10.8 Å². The minimum absolute atomic E-state index is 0.263. The summed E-state index contributed by atoms with van der Waals surface area (Å²) in [5, 5.41) is 10.2. The van der Waals surface area contributed by atoms with Crippen LogP contribution in [-0.2, 0) is 0 Å². The van der Waals surface area contributed by atoms with Gasteiger partial charge in [0, 0.05) is 11.3 Å². The monoisotopic (exact) mass is 231 g/mol. The number of aryl methyl sites for hydroxylation is 1. The van der Waals surface area contributed by atoms with Crippen LogP contribution < -0.4 is 5.73 Å². The molecule has 88 valence electrons. The molecule has 0 aromatic heterocycles. The maximum absolute atomic E-state index is 12.9. The highest BCUT2D eigenvalue weighted by atomic mass is 19.1. The normalized spacial score (nSPS) is 12.4. The number of aliphatic hydroxyl groups excluding tert-OH is 1. The fraction of sp³-hybridized carbons (Fsp3) is 0.143. The van der Waals surface area contributed by atoms with E-state index in [1.54, 1.807) is 0 Å². The van der Waals surface area contributed by atoms with Crippen LogP contribution in [-0.4, -0.2) is 5.11 Å². The average molecular weight is 231 g/mol. The predicted molar refractivity (Wildman–Crippen MR) is 66.1 cm³/mol. The fourth-order valence-corrected chi connectivity index (χ4v) is 1.81. The van der Waals surface area contributed by atoms with E-state index in [-0.39, 0.29) is 5.69 Å². The molecule has 0 saturated carbocycles. The Balaban J connectivity index is 2.40. The zero-order valence-electron chi connectivity index (χ0n) is 9.52. The molecule has 2 aromatic carbocycles. The Kier molecular flexibility index (Phi) is 3.11. The molecule has 2 aromatic rings. The van der Waals surface area contributed by atoms with Gasteiger partial charge in [-0.15, -0.1) is 0 Å². The summed E-state index contributed by atoms with van der Waals surface area (Å²) in [5.74, 6) is -0.400. The topological polar surface area (TPSA) is 46.2 Å². The van der Waals surface area contributed by atoms with Gasteiger partial charge in [0.1, 0.15) is 11.9 Å². The molecule has 0 fully saturated rings. The summed E-state index contributed by atoms with van der Waals surface area (Å²) in [5.41, 5.74) is 8.30. The van der Waals surface area contributed by atoms with Crippen LogP contribution in [0.2, 0.25) is 0 Å². The Morgan fingerprint density at radius 3 is 2.59 bits per heavy atom. The van der Waals surface area contributed by atoms with Crippen LogP contribution in [0, 0.1) is 12.7 Å². The summed E-state index contributed by atoms with van der Waals surface area (Å²) in [6.45, 7) is 1.95. The molecule has 2 rings (SSSR count). The number of hydrogen-bond donors (Lipinski definition) is 2. The first-order valence-corrected chi connectivity index (χ1v) is 5.37. The Bertz CT molecular complexity index is 539. The molecule has 0 bridgehead atoms. The van der Waals surface area contributed by atoms with Gasteiger partial charge in [-0.05, 0) is 24.6 Å². The van der Waals surface area contributed by atoms with Crippen molar-refractivity contribution in [3.05, 3.63) is 65.0 Å². The Morgan fingerprint density at radius 2 is 1.94 bits per heavy atom. The number of benzene rings is 2. The van der Waals surface area contributed by atoms with Crippen molar-refractivity contribution in [1.82, 2.24) is 0 Å². The van der Waals surface area contributed by atoms with Crippen molar-refractivity contribution in [2.75, 3.05) is 5.73 Å². The number of anilines is 1. The molecule has 3 N–H and O–H groups in total.